The van der Waals surface area contributed by atoms with Gasteiger partial charge in [-0.3, -0.25) is 34.6 Å². The van der Waals surface area contributed by atoms with Crippen molar-refractivity contribution in [3.8, 4) is 0 Å². The van der Waals surface area contributed by atoms with Gasteiger partial charge in [-0.25, -0.2) is 0 Å². The largest absolute Gasteiger partial charge is 0.387 e. The van der Waals surface area contributed by atoms with Crippen LogP contribution >= 0.6 is 0 Å². The number of carbonyl (C=O) groups is 3. The maximum absolute atomic E-state index is 13.4. The van der Waals surface area contributed by atoms with Crippen molar-refractivity contribution in [2.75, 3.05) is 11.9 Å². The Hall–Kier alpha value is -5.40. The molecule has 3 N–H and O–H groups in total. The molecule has 14 nitrogen and oxygen atoms in total. The Labute approximate surface area is 227 Å². The van der Waals surface area contributed by atoms with E-state index >= 15 is 0 Å². The molecule has 1 spiro atoms. The smallest absolute Gasteiger partial charge is 0.277 e. The van der Waals surface area contributed by atoms with Gasteiger partial charge in [0.2, 0.25) is 11.8 Å². The Kier molecular flexibility index (Phi) is 7.70. The number of hydrogen-bond donors (Lipinski definition) is 2. The third-order valence-corrected chi connectivity index (χ3v) is 6.41. The zero-order chi connectivity index (χ0) is 29.0. The molecule has 2 unspecified atom stereocenters. The first kappa shape index (κ1) is 27.6. The van der Waals surface area contributed by atoms with Crippen LogP contribution in [0.2, 0.25) is 0 Å². The van der Waals surface area contributed by atoms with Crippen molar-refractivity contribution in [1.29, 1.82) is 0 Å². The van der Waals surface area contributed by atoms with E-state index in [4.69, 9.17) is 10.6 Å². The number of anilines is 1. The Bertz CT molecular complexity index is 1470. The molecular formula is C26H24N6O8. The molecule has 0 aromatic heterocycles. The van der Waals surface area contributed by atoms with Crippen LogP contribution < -0.4 is 11.1 Å². The molecule has 2 atom stereocenters. The van der Waals surface area contributed by atoms with E-state index < -0.39 is 44.7 Å². The van der Waals surface area contributed by atoms with Gasteiger partial charge in [0.1, 0.15) is 6.04 Å². The van der Waals surface area contributed by atoms with E-state index in [9.17, 15) is 34.6 Å². The summed E-state index contributed by atoms with van der Waals surface area (Å²) >= 11 is 0. The van der Waals surface area contributed by atoms with E-state index in [0.717, 1.165) is 23.1 Å². The highest BCUT2D eigenvalue weighted by molar-refractivity contribution is 6.05. The Balaban J connectivity index is 1.55. The summed E-state index contributed by atoms with van der Waals surface area (Å²) in [5.74, 6) is -2.01. The topological polar surface area (TPSA) is 200 Å². The SMILES string of the molecule is CC=CC=CC(=O)Nc1cccc(C2=NOC3(C2)CC(C(N)=O)N(C(=O)c2cc([N+](=O)[O-])cc([N+](=O)[O-])c2)C3)c1. The van der Waals surface area contributed by atoms with E-state index in [1.165, 1.54) is 6.08 Å². The molecule has 3 amide bonds. The fourth-order valence-corrected chi connectivity index (χ4v) is 4.60. The van der Waals surface area contributed by atoms with Crippen molar-refractivity contribution >= 4 is 40.5 Å². The Morgan fingerprint density at radius 3 is 2.45 bits per heavy atom. The molecule has 2 aromatic rings. The van der Waals surface area contributed by atoms with Gasteiger partial charge in [0.15, 0.2) is 5.60 Å². The van der Waals surface area contributed by atoms with Gasteiger partial charge in [0.05, 0.1) is 33.7 Å². The third kappa shape index (κ3) is 5.85. The molecule has 1 saturated heterocycles. The lowest BCUT2D eigenvalue weighted by Crippen LogP contribution is -2.44. The van der Waals surface area contributed by atoms with Crippen LogP contribution in [0.25, 0.3) is 0 Å². The lowest BCUT2D eigenvalue weighted by molar-refractivity contribution is -0.394. The Morgan fingerprint density at radius 1 is 1.12 bits per heavy atom. The number of oxime groups is 1. The molecule has 2 aromatic carbocycles. The number of non-ortho nitro benzene ring substituents is 2. The summed E-state index contributed by atoms with van der Waals surface area (Å²) in [6, 6.07) is 8.30. The molecule has 40 heavy (non-hydrogen) atoms. The minimum atomic E-state index is -1.14. The van der Waals surface area contributed by atoms with Gasteiger partial charge in [-0.05, 0) is 19.1 Å². The predicted octanol–water partition coefficient (Wildman–Crippen LogP) is 2.84. The summed E-state index contributed by atoms with van der Waals surface area (Å²) in [7, 11) is 0. The summed E-state index contributed by atoms with van der Waals surface area (Å²) in [5, 5.41) is 29.5. The lowest BCUT2D eigenvalue weighted by atomic mass is 9.91. The fraction of sp³-hybridized carbons (Fsp3) is 0.231. The molecule has 2 aliphatic rings. The number of amides is 3. The van der Waals surface area contributed by atoms with E-state index in [2.05, 4.69) is 10.5 Å². The maximum Gasteiger partial charge on any atom is 0.277 e. The number of nitrogens with one attached hydrogen (secondary N) is 1. The van der Waals surface area contributed by atoms with Crippen LogP contribution in [0.5, 0.6) is 0 Å². The number of nitro benzene ring substituents is 2. The minimum Gasteiger partial charge on any atom is -0.387 e. The number of likely N-dealkylation sites (tertiary alicyclic amines) is 1. The number of allylic oxidation sites excluding steroid dienone is 3. The average Bonchev–Trinajstić information content (AvgIpc) is 3.52. The highest BCUT2D eigenvalue weighted by Crippen LogP contribution is 2.40. The molecule has 2 heterocycles. The van der Waals surface area contributed by atoms with Crippen LogP contribution in [0.15, 0.2) is 71.9 Å². The summed E-state index contributed by atoms with van der Waals surface area (Å²) in [6.07, 6.45) is 6.66. The number of nitrogens with zero attached hydrogens (tertiary/aromatic N) is 4. The molecule has 206 valence electrons. The number of carbonyl (C=O) groups excluding carboxylic acids is 3. The number of primary amides is 1. The first-order valence-corrected chi connectivity index (χ1v) is 12.0. The van der Waals surface area contributed by atoms with Crippen molar-refractivity contribution in [1.82, 2.24) is 4.90 Å². The fourth-order valence-electron chi connectivity index (χ4n) is 4.60. The molecule has 0 radical (unpaired) electrons. The zero-order valence-electron chi connectivity index (χ0n) is 21.2. The third-order valence-electron chi connectivity index (χ3n) is 6.41. The molecule has 1 fully saturated rings. The molecular weight excluding hydrogens is 524 g/mol. The van der Waals surface area contributed by atoms with E-state index in [1.54, 1.807) is 42.5 Å². The molecule has 0 aliphatic carbocycles. The van der Waals surface area contributed by atoms with Crippen LogP contribution in [0.1, 0.15) is 35.7 Å². The first-order valence-electron chi connectivity index (χ1n) is 12.0. The monoisotopic (exact) mass is 548 g/mol. The second-order valence-corrected chi connectivity index (χ2v) is 9.25. The van der Waals surface area contributed by atoms with Crippen LogP contribution in [-0.4, -0.2) is 56.4 Å². The van der Waals surface area contributed by atoms with Gasteiger partial charge >= 0.3 is 0 Å². The molecule has 2 aliphatic heterocycles. The van der Waals surface area contributed by atoms with Gasteiger partial charge < -0.3 is 20.8 Å². The number of rotatable bonds is 8. The predicted molar refractivity (Wildman–Crippen MR) is 142 cm³/mol. The van der Waals surface area contributed by atoms with Crippen molar-refractivity contribution in [2.24, 2.45) is 10.9 Å². The lowest BCUT2D eigenvalue weighted by Gasteiger charge is -2.23. The maximum atomic E-state index is 13.4. The molecule has 14 heteroatoms. The van der Waals surface area contributed by atoms with Gasteiger partial charge in [0.25, 0.3) is 17.3 Å². The van der Waals surface area contributed by atoms with E-state index in [0.29, 0.717) is 17.0 Å². The second-order valence-electron chi connectivity index (χ2n) is 9.25. The average molecular weight is 549 g/mol. The highest BCUT2D eigenvalue weighted by atomic mass is 16.7. The van der Waals surface area contributed by atoms with Gasteiger partial charge in [-0.2, -0.15) is 0 Å². The molecule has 0 saturated carbocycles. The van der Waals surface area contributed by atoms with Gasteiger partial charge in [0, 0.05) is 42.3 Å². The number of benzene rings is 2. The summed E-state index contributed by atoms with van der Waals surface area (Å²) in [4.78, 5) is 65.5. The zero-order valence-corrected chi connectivity index (χ0v) is 21.2. The molecule has 0 bridgehead atoms. The van der Waals surface area contributed by atoms with Crippen molar-refractivity contribution < 1.29 is 29.1 Å². The van der Waals surface area contributed by atoms with Gasteiger partial charge in [-0.15, -0.1) is 0 Å². The van der Waals surface area contributed by atoms with Crippen LogP contribution in [-0.2, 0) is 14.4 Å². The van der Waals surface area contributed by atoms with Crippen LogP contribution in [0.4, 0.5) is 17.1 Å². The number of hydrogen-bond acceptors (Lipinski definition) is 9. The van der Waals surface area contributed by atoms with E-state index in [-0.39, 0.29) is 30.9 Å². The summed E-state index contributed by atoms with van der Waals surface area (Å²) < 4.78 is 0. The highest BCUT2D eigenvalue weighted by Gasteiger charge is 2.53. The molecule has 4 rings (SSSR count). The summed E-state index contributed by atoms with van der Waals surface area (Å²) in [6.45, 7) is 1.68. The number of nitro groups is 2. The normalized spacial score (nSPS) is 20.1. The first-order chi connectivity index (χ1) is 19.0. The number of nitrogens with two attached hydrogens (primary N) is 1. The summed E-state index contributed by atoms with van der Waals surface area (Å²) in [5.41, 5.74) is 4.49. The van der Waals surface area contributed by atoms with Crippen molar-refractivity contribution in [2.45, 2.75) is 31.4 Å². The second kappa shape index (κ2) is 11.1. The van der Waals surface area contributed by atoms with E-state index in [1.807, 2.05) is 6.92 Å². The van der Waals surface area contributed by atoms with Crippen LogP contribution in [0, 0.1) is 20.2 Å². The van der Waals surface area contributed by atoms with Gasteiger partial charge in [-0.1, -0.05) is 35.5 Å². The van der Waals surface area contributed by atoms with Crippen molar-refractivity contribution in [3.05, 3.63) is 98.1 Å². The quantitative estimate of drug-likeness (QED) is 0.217. The standard InChI is InChI=1S/C26H24N6O8/c1-2-3-4-8-23(33)28-18-7-5-6-16(9-18)21-13-26(40-29-21)14-22(24(27)34)30(15-26)25(35)17-10-19(31(36)37)12-20(11-17)32(38)39/h2-12,22H,13-15H2,1H3,(H2,27,34)(H,28,33). The Morgan fingerprint density at radius 2 is 1.82 bits per heavy atom. The van der Waals surface area contributed by atoms with Crippen molar-refractivity contribution in [3.63, 3.8) is 0 Å². The van der Waals surface area contributed by atoms with Crippen LogP contribution in [0.3, 0.4) is 0 Å². The minimum absolute atomic E-state index is 0.00966.